The lowest BCUT2D eigenvalue weighted by Crippen LogP contribution is -2.45. The maximum Gasteiger partial charge on any atom is 0.279 e. The van der Waals surface area contributed by atoms with Crippen LogP contribution in [0.15, 0.2) is 30.7 Å². The molecule has 0 amide bonds. The van der Waals surface area contributed by atoms with Gasteiger partial charge in [-0.25, -0.2) is 9.97 Å². The SMILES string of the molecule is Cc1nccn1-c1ccc(CNS(=O)(=O)N2CCC[C@@H](C)C2)cn1. The average Bonchev–Trinajstić information content (AvgIpc) is 3.00. The van der Waals surface area contributed by atoms with Gasteiger partial charge in [0.05, 0.1) is 0 Å². The van der Waals surface area contributed by atoms with Crippen LogP contribution in [0.5, 0.6) is 0 Å². The van der Waals surface area contributed by atoms with Gasteiger partial charge in [0.25, 0.3) is 10.2 Å². The Bertz CT molecular complexity index is 785. The second-order valence-electron chi connectivity index (χ2n) is 6.30. The van der Waals surface area contributed by atoms with E-state index >= 15 is 0 Å². The lowest BCUT2D eigenvalue weighted by Gasteiger charge is -2.29. The number of nitrogens with one attached hydrogen (secondary N) is 1. The monoisotopic (exact) mass is 349 g/mol. The Morgan fingerprint density at radius 2 is 2.17 bits per heavy atom. The lowest BCUT2D eigenvalue weighted by molar-refractivity contribution is 0.278. The summed E-state index contributed by atoms with van der Waals surface area (Å²) in [5.41, 5.74) is 0.824. The van der Waals surface area contributed by atoms with E-state index in [1.54, 1.807) is 12.4 Å². The number of aromatic nitrogens is 3. The van der Waals surface area contributed by atoms with Crippen molar-refractivity contribution in [2.45, 2.75) is 33.2 Å². The molecule has 0 radical (unpaired) electrons. The van der Waals surface area contributed by atoms with Gasteiger partial charge in [-0.1, -0.05) is 13.0 Å². The molecule has 1 N–H and O–H groups in total. The summed E-state index contributed by atoms with van der Waals surface area (Å²) in [4.78, 5) is 8.55. The summed E-state index contributed by atoms with van der Waals surface area (Å²) < 4.78 is 30.9. The number of rotatable bonds is 5. The van der Waals surface area contributed by atoms with Gasteiger partial charge in [0.15, 0.2) is 0 Å². The predicted molar refractivity (Wildman–Crippen MR) is 91.8 cm³/mol. The van der Waals surface area contributed by atoms with Crippen molar-refractivity contribution in [1.82, 2.24) is 23.6 Å². The van der Waals surface area contributed by atoms with Gasteiger partial charge in [-0.15, -0.1) is 0 Å². The molecule has 3 rings (SSSR count). The quantitative estimate of drug-likeness (QED) is 0.890. The van der Waals surface area contributed by atoms with Crippen LogP contribution in [-0.2, 0) is 16.8 Å². The number of pyridine rings is 1. The molecule has 0 spiro atoms. The fourth-order valence-corrected chi connectivity index (χ4v) is 4.27. The minimum Gasteiger partial charge on any atom is -0.288 e. The number of nitrogens with zero attached hydrogens (tertiary/aromatic N) is 4. The van der Waals surface area contributed by atoms with Crippen molar-refractivity contribution in [3.05, 3.63) is 42.1 Å². The molecule has 1 atom stereocenters. The molecule has 0 bridgehead atoms. The summed E-state index contributed by atoms with van der Waals surface area (Å²) in [5.74, 6) is 2.03. The highest BCUT2D eigenvalue weighted by atomic mass is 32.2. The Hall–Kier alpha value is -1.77. The topological polar surface area (TPSA) is 80.1 Å². The van der Waals surface area contributed by atoms with E-state index < -0.39 is 10.2 Å². The standard InChI is InChI=1S/C16H23N5O2S/c1-13-4-3-8-20(12-13)24(22,23)19-11-15-5-6-16(18-10-15)21-9-7-17-14(21)2/h5-7,9-10,13,19H,3-4,8,11-12H2,1-2H3/t13-/m1/s1. The smallest absolute Gasteiger partial charge is 0.279 e. The minimum absolute atomic E-state index is 0.239. The molecular weight excluding hydrogens is 326 g/mol. The van der Waals surface area contributed by atoms with Gasteiger partial charge in [-0.3, -0.25) is 4.57 Å². The highest BCUT2D eigenvalue weighted by Crippen LogP contribution is 2.18. The van der Waals surface area contributed by atoms with Crippen LogP contribution in [0.2, 0.25) is 0 Å². The molecule has 0 saturated carbocycles. The summed E-state index contributed by atoms with van der Waals surface area (Å²) in [6.07, 6.45) is 7.26. The van der Waals surface area contributed by atoms with Gasteiger partial charge in [0, 0.05) is 38.2 Å². The summed E-state index contributed by atoms with van der Waals surface area (Å²) in [6.45, 7) is 5.42. The number of piperidine rings is 1. The molecular formula is C16H23N5O2S. The Labute approximate surface area is 142 Å². The van der Waals surface area contributed by atoms with Crippen molar-refractivity contribution in [3.63, 3.8) is 0 Å². The van der Waals surface area contributed by atoms with Gasteiger partial charge < -0.3 is 0 Å². The molecule has 1 fully saturated rings. The first kappa shape index (κ1) is 17.1. The predicted octanol–water partition coefficient (Wildman–Crippen LogP) is 1.64. The van der Waals surface area contributed by atoms with Gasteiger partial charge in [-0.05, 0) is 37.3 Å². The lowest BCUT2D eigenvalue weighted by atomic mass is 10.0. The summed E-state index contributed by atoms with van der Waals surface area (Å²) >= 11 is 0. The Morgan fingerprint density at radius 1 is 1.33 bits per heavy atom. The zero-order valence-corrected chi connectivity index (χ0v) is 14.8. The Morgan fingerprint density at radius 3 is 2.79 bits per heavy atom. The second kappa shape index (κ2) is 7.00. The van der Waals surface area contributed by atoms with Crippen LogP contribution < -0.4 is 4.72 Å². The van der Waals surface area contributed by atoms with E-state index in [0.717, 1.165) is 30.0 Å². The summed E-state index contributed by atoms with van der Waals surface area (Å²) in [7, 11) is -3.43. The molecule has 8 heteroatoms. The van der Waals surface area contributed by atoms with E-state index in [4.69, 9.17) is 0 Å². The second-order valence-corrected chi connectivity index (χ2v) is 8.06. The minimum atomic E-state index is -3.43. The van der Waals surface area contributed by atoms with Crippen LogP contribution >= 0.6 is 0 Å². The van der Waals surface area contributed by atoms with Crippen molar-refractivity contribution in [3.8, 4) is 5.82 Å². The molecule has 2 aromatic rings. The molecule has 1 aliphatic rings. The molecule has 7 nitrogen and oxygen atoms in total. The van der Waals surface area contributed by atoms with Crippen LogP contribution in [0.1, 0.15) is 31.2 Å². The van der Waals surface area contributed by atoms with E-state index in [-0.39, 0.29) is 6.54 Å². The van der Waals surface area contributed by atoms with E-state index in [0.29, 0.717) is 19.0 Å². The third-order valence-electron chi connectivity index (χ3n) is 4.30. The third-order valence-corrected chi connectivity index (χ3v) is 5.82. The molecule has 24 heavy (non-hydrogen) atoms. The third kappa shape index (κ3) is 3.82. The maximum absolute atomic E-state index is 12.4. The van der Waals surface area contributed by atoms with Crippen LogP contribution in [0.25, 0.3) is 5.82 Å². The fourth-order valence-electron chi connectivity index (χ4n) is 2.91. The van der Waals surface area contributed by atoms with Crippen molar-refractivity contribution >= 4 is 10.2 Å². The van der Waals surface area contributed by atoms with Crippen molar-refractivity contribution in [1.29, 1.82) is 0 Å². The first-order valence-corrected chi connectivity index (χ1v) is 9.60. The van der Waals surface area contributed by atoms with Crippen molar-refractivity contribution in [2.75, 3.05) is 13.1 Å². The van der Waals surface area contributed by atoms with E-state index in [1.165, 1.54) is 4.31 Å². The highest BCUT2D eigenvalue weighted by Gasteiger charge is 2.26. The van der Waals surface area contributed by atoms with Gasteiger partial charge in [-0.2, -0.15) is 17.4 Å². The first-order valence-electron chi connectivity index (χ1n) is 8.16. The molecule has 2 aromatic heterocycles. The zero-order valence-electron chi connectivity index (χ0n) is 14.0. The molecule has 1 aliphatic heterocycles. The molecule has 0 aromatic carbocycles. The fraction of sp³-hybridized carbons (Fsp3) is 0.500. The van der Waals surface area contributed by atoms with Gasteiger partial charge in [0.1, 0.15) is 11.6 Å². The largest absolute Gasteiger partial charge is 0.288 e. The molecule has 3 heterocycles. The van der Waals surface area contributed by atoms with Gasteiger partial charge in [0.2, 0.25) is 0 Å². The number of aryl methyl sites for hydroxylation is 1. The average molecular weight is 349 g/mol. The summed E-state index contributed by atoms with van der Waals surface area (Å²) in [6, 6.07) is 3.74. The molecule has 1 saturated heterocycles. The van der Waals surface area contributed by atoms with Crippen molar-refractivity contribution < 1.29 is 8.42 Å². The van der Waals surface area contributed by atoms with Crippen LogP contribution in [0, 0.1) is 12.8 Å². The van der Waals surface area contributed by atoms with Crippen LogP contribution in [0.3, 0.4) is 0 Å². The number of hydrogen-bond acceptors (Lipinski definition) is 4. The van der Waals surface area contributed by atoms with Crippen LogP contribution in [0.4, 0.5) is 0 Å². The number of imidazole rings is 1. The normalized spacial score (nSPS) is 19.5. The Kier molecular flexibility index (Phi) is 4.98. The zero-order chi connectivity index (χ0) is 17.2. The highest BCUT2D eigenvalue weighted by molar-refractivity contribution is 7.87. The van der Waals surface area contributed by atoms with E-state index in [9.17, 15) is 8.42 Å². The van der Waals surface area contributed by atoms with Gasteiger partial charge >= 0.3 is 0 Å². The van der Waals surface area contributed by atoms with E-state index in [2.05, 4.69) is 21.6 Å². The molecule has 0 unspecified atom stereocenters. The van der Waals surface area contributed by atoms with Crippen LogP contribution in [-0.4, -0.2) is 40.3 Å². The van der Waals surface area contributed by atoms with E-state index in [1.807, 2.05) is 29.8 Å². The Balaban J connectivity index is 1.63. The summed E-state index contributed by atoms with van der Waals surface area (Å²) in [5, 5.41) is 0. The maximum atomic E-state index is 12.4. The number of hydrogen-bond donors (Lipinski definition) is 1. The molecule has 130 valence electrons. The molecule has 0 aliphatic carbocycles. The first-order chi connectivity index (χ1) is 11.5. The van der Waals surface area contributed by atoms with Crippen molar-refractivity contribution in [2.24, 2.45) is 5.92 Å².